The zero-order valence-electron chi connectivity index (χ0n) is 9.30. The quantitative estimate of drug-likeness (QED) is 0.618. The predicted octanol–water partition coefficient (Wildman–Crippen LogP) is 3.14. The van der Waals surface area contributed by atoms with E-state index in [0.29, 0.717) is 11.3 Å². The number of aliphatic hydroxyl groups excluding tert-OH is 1. The van der Waals surface area contributed by atoms with Crippen molar-refractivity contribution in [1.82, 2.24) is 0 Å². The highest BCUT2D eigenvalue weighted by molar-refractivity contribution is 5.02. The molecule has 0 radical (unpaired) electrons. The Kier molecular flexibility index (Phi) is 3.18. The van der Waals surface area contributed by atoms with Gasteiger partial charge in [-0.3, -0.25) is 0 Å². The average Bonchev–Trinajstić information content (AvgIpc) is 1.95. The molecule has 0 aromatic heterocycles. The summed E-state index contributed by atoms with van der Waals surface area (Å²) in [4.78, 5) is 0. The highest BCUT2D eigenvalue weighted by atomic mass is 16.3. The summed E-state index contributed by atoms with van der Waals surface area (Å²) in [6.07, 6.45) is 5.36. The van der Waals surface area contributed by atoms with Crippen molar-refractivity contribution in [2.45, 2.75) is 53.1 Å². The number of allylic oxidation sites excluding steroid dienone is 1. The Morgan fingerprint density at radius 2 is 2.00 bits per heavy atom. The molecule has 0 saturated heterocycles. The maximum absolute atomic E-state index is 9.81. The van der Waals surface area contributed by atoms with Crippen molar-refractivity contribution in [2.75, 3.05) is 0 Å². The zero-order valence-corrected chi connectivity index (χ0v) is 9.30. The molecule has 0 heterocycles. The second-order valence-electron chi connectivity index (χ2n) is 5.38. The van der Waals surface area contributed by atoms with E-state index in [0.717, 1.165) is 19.3 Å². The smallest absolute Gasteiger partial charge is 0.0603 e. The summed E-state index contributed by atoms with van der Waals surface area (Å²) in [5.74, 6) is 0.383. The topological polar surface area (TPSA) is 20.2 Å². The number of aliphatic hydroxyl groups is 1. The van der Waals surface area contributed by atoms with Crippen LogP contribution in [0.1, 0.15) is 47.0 Å². The standard InChI is InChI=1S/C12H22O/c1-9(2)7-10-8-12(3,4)6-5-11(10)13/h7,10-11,13H,5-6,8H2,1-4H3. The molecule has 1 aliphatic rings. The van der Waals surface area contributed by atoms with Gasteiger partial charge in [-0.05, 0) is 38.5 Å². The molecular formula is C12H22O. The molecule has 0 amide bonds. The van der Waals surface area contributed by atoms with E-state index < -0.39 is 0 Å². The van der Waals surface area contributed by atoms with Gasteiger partial charge in [-0.2, -0.15) is 0 Å². The summed E-state index contributed by atoms with van der Waals surface area (Å²) in [5, 5.41) is 9.81. The van der Waals surface area contributed by atoms with Gasteiger partial charge in [0.2, 0.25) is 0 Å². The van der Waals surface area contributed by atoms with Gasteiger partial charge in [0.05, 0.1) is 6.10 Å². The lowest BCUT2D eigenvalue weighted by Gasteiger charge is -2.37. The average molecular weight is 182 g/mol. The Labute approximate surface area is 81.9 Å². The van der Waals surface area contributed by atoms with Gasteiger partial charge in [0, 0.05) is 5.92 Å². The minimum atomic E-state index is -0.108. The molecule has 1 heteroatoms. The van der Waals surface area contributed by atoms with Crippen molar-refractivity contribution in [3.8, 4) is 0 Å². The first-order chi connectivity index (χ1) is 5.91. The Balaban J connectivity index is 2.66. The van der Waals surface area contributed by atoms with Gasteiger partial charge in [-0.1, -0.05) is 25.5 Å². The molecular weight excluding hydrogens is 160 g/mol. The molecule has 1 saturated carbocycles. The third-order valence-corrected chi connectivity index (χ3v) is 2.95. The SMILES string of the molecule is CC(C)=CC1CC(C)(C)CCC1O. The number of hydrogen-bond donors (Lipinski definition) is 1. The molecule has 0 aromatic carbocycles. The van der Waals surface area contributed by atoms with Crippen LogP contribution in [0.2, 0.25) is 0 Å². The first kappa shape index (κ1) is 10.8. The summed E-state index contributed by atoms with van der Waals surface area (Å²) in [6.45, 7) is 8.80. The summed E-state index contributed by atoms with van der Waals surface area (Å²) >= 11 is 0. The highest BCUT2D eigenvalue weighted by Crippen LogP contribution is 2.39. The number of rotatable bonds is 1. The number of hydrogen-bond acceptors (Lipinski definition) is 1. The van der Waals surface area contributed by atoms with Crippen molar-refractivity contribution in [1.29, 1.82) is 0 Å². The van der Waals surface area contributed by atoms with Crippen LogP contribution in [0.5, 0.6) is 0 Å². The lowest BCUT2D eigenvalue weighted by molar-refractivity contribution is 0.0428. The molecule has 1 rings (SSSR count). The van der Waals surface area contributed by atoms with Crippen LogP contribution in [0.3, 0.4) is 0 Å². The van der Waals surface area contributed by atoms with Crippen molar-refractivity contribution >= 4 is 0 Å². The maximum atomic E-state index is 9.81. The fourth-order valence-electron chi connectivity index (χ4n) is 2.23. The monoisotopic (exact) mass is 182 g/mol. The van der Waals surface area contributed by atoms with Gasteiger partial charge in [0.15, 0.2) is 0 Å². The largest absolute Gasteiger partial charge is 0.393 e. The molecule has 0 bridgehead atoms. The Hall–Kier alpha value is -0.300. The minimum Gasteiger partial charge on any atom is -0.393 e. The maximum Gasteiger partial charge on any atom is 0.0603 e. The first-order valence-corrected chi connectivity index (χ1v) is 5.24. The zero-order chi connectivity index (χ0) is 10.1. The van der Waals surface area contributed by atoms with E-state index >= 15 is 0 Å². The van der Waals surface area contributed by atoms with Crippen LogP contribution in [-0.2, 0) is 0 Å². The molecule has 0 aliphatic heterocycles. The second kappa shape index (κ2) is 3.83. The van der Waals surface area contributed by atoms with Crippen molar-refractivity contribution in [3.05, 3.63) is 11.6 Å². The normalized spacial score (nSPS) is 32.7. The van der Waals surface area contributed by atoms with E-state index in [9.17, 15) is 5.11 Å². The van der Waals surface area contributed by atoms with Crippen LogP contribution in [0.15, 0.2) is 11.6 Å². The Morgan fingerprint density at radius 3 is 2.54 bits per heavy atom. The van der Waals surface area contributed by atoms with E-state index in [-0.39, 0.29) is 6.10 Å². The molecule has 2 unspecified atom stereocenters. The summed E-state index contributed by atoms with van der Waals surface area (Å²) in [5.41, 5.74) is 1.73. The minimum absolute atomic E-state index is 0.108. The molecule has 1 fully saturated rings. The fraction of sp³-hybridized carbons (Fsp3) is 0.833. The van der Waals surface area contributed by atoms with Gasteiger partial charge in [0.1, 0.15) is 0 Å². The van der Waals surface area contributed by atoms with Crippen molar-refractivity contribution in [3.63, 3.8) is 0 Å². The van der Waals surface area contributed by atoms with E-state index in [4.69, 9.17) is 0 Å². The highest BCUT2D eigenvalue weighted by Gasteiger charge is 2.32. The molecule has 13 heavy (non-hydrogen) atoms. The molecule has 0 aromatic rings. The molecule has 1 N–H and O–H groups in total. The van der Waals surface area contributed by atoms with Gasteiger partial charge >= 0.3 is 0 Å². The van der Waals surface area contributed by atoms with Crippen molar-refractivity contribution < 1.29 is 5.11 Å². The van der Waals surface area contributed by atoms with Gasteiger partial charge in [-0.25, -0.2) is 0 Å². The van der Waals surface area contributed by atoms with Crippen LogP contribution in [0.25, 0.3) is 0 Å². The summed E-state index contributed by atoms with van der Waals surface area (Å²) in [6, 6.07) is 0. The fourth-order valence-corrected chi connectivity index (χ4v) is 2.23. The van der Waals surface area contributed by atoms with Crippen LogP contribution >= 0.6 is 0 Å². The Morgan fingerprint density at radius 1 is 1.38 bits per heavy atom. The van der Waals surface area contributed by atoms with E-state index in [2.05, 4.69) is 33.8 Å². The van der Waals surface area contributed by atoms with E-state index in [1.165, 1.54) is 5.57 Å². The predicted molar refractivity (Wildman–Crippen MR) is 56.6 cm³/mol. The van der Waals surface area contributed by atoms with Crippen LogP contribution in [0.4, 0.5) is 0 Å². The third kappa shape index (κ3) is 3.15. The molecule has 1 aliphatic carbocycles. The van der Waals surface area contributed by atoms with Gasteiger partial charge in [-0.15, -0.1) is 0 Å². The molecule has 1 nitrogen and oxygen atoms in total. The van der Waals surface area contributed by atoms with Crippen LogP contribution in [-0.4, -0.2) is 11.2 Å². The third-order valence-electron chi connectivity index (χ3n) is 2.95. The summed E-state index contributed by atoms with van der Waals surface area (Å²) < 4.78 is 0. The molecule has 76 valence electrons. The lowest BCUT2D eigenvalue weighted by Crippen LogP contribution is -2.32. The van der Waals surface area contributed by atoms with Crippen molar-refractivity contribution in [2.24, 2.45) is 11.3 Å². The van der Waals surface area contributed by atoms with Crippen LogP contribution < -0.4 is 0 Å². The second-order valence-corrected chi connectivity index (χ2v) is 5.38. The van der Waals surface area contributed by atoms with E-state index in [1.54, 1.807) is 0 Å². The molecule has 2 atom stereocenters. The van der Waals surface area contributed by atoms with E-state index in [1.807, 2.05) is 0 Å². The van der Waals surface area contributed by atoms with Gasteiger partial charge in [0.25, 0.3) is 0 Å². The Bertz CT molecular complexity index is 199. The summed E-state index contributed by atoms with van der Waals surface area (Å²) in [7, 11) is 0. The van der Waals surface area contributed by atoms with Crippen LogP contribution in [0, 0.1) is 11.3 Å². The first-order valence-electron chi connectivity index (χ1n) is 5.24. The molecule has 0 spiro atoms. The lowest BCUT2D eigenvalue weighted by atomic mass is 9.70. The van der Waals surface area contributed by atoms with Gasteiger partial charge < -0.3 is 5.11 Å².